The second kappa shape index (κ2) is 5.45. The van der Waals surface area contributed by atoms with E-state index in [9.17, 15) is 22.8 Å². The van der Waals surface area contributed by atoms with Crippen molar-refractivity contribution in [3.8, 4) is 0 Å². The van der Waals surface area contributed by atoms with E-state index in [1.165, 1.54) is 6.92 Å². The molecule has 1 N–H and O–H groups in total. The van der Waals surface area contributed by atoms with Crippen LogP contribution in [0.2, 0.25) is 0 Å². The molecule has 10 heteroatoms. The monoisotopic (exact) mass is 348 g/mol. The summed E-state index contributed by atoms with van der Waals surface area (Å²) in [6, 6.07) is 0. The fourth-order valence-electron chi connectivity index (χ4n) is 4.00. The highest BCUT2D eigenvalue weighted by molar-refractivity contribution is 7.85. The van der Waals surface area contributed by atoms with Gasteiger partial charge in [-0.05, 0) is 6.42 Å². The highest BCUT2D eigenvalue weighted by Crippen LogP contribution is 2.58. The predicted octanol–water partition coefficient (Wildman–Crippen LogP) is -0.843. The predicted molar refractivity (Wildman–Crippen MR) is 71.4 cm³/mol. The van der Waals surface area contributed by atoms with Crippen LogP contribution in [0.1, 0.15) is 13.3 Å². The number of rotatable bonds is 5. The van der Waals surface area contributed by atoms with Crippen LogP contribution in [0.4, 0.5) is 0 Å². The molecule has 3 rings (SSSR count). The van der Waals surface area contributed by atoms with Gasteiger partial charge in [-0.3, -0.25) is 18.9 Å². The highest BCUT2D eigenvalue weighted by Gasteiger charge is 2.70. The second-order valence-corrected chi connectivity index (χ2v) is 7.62. The molecule has 1 aliphatic heterocycles. The third-order valence-electron chi connectivity index (χ3n) is 4.71. The van der Waals surface area contributed by atoms with Crippen molar-refractivity contribution in [3.63, 3.8) is 0 Å². The molecule has 2 bridgehead atoms. The number of ether oxygens (including phenoxy) is 3. The Hall–Kier alpha value is -1.68. The molecule has 0 amide bonds. The normalized spacial score (nSPS) is 37.6. The van der Waals surface area contributed by atoms with E-state index in [1.54, 1.807) is 0 Å². The summed E-state index contributed by atoms with van der Waals surface area (Å²) in [5.74, 6) is -4.55. The summed E-state index contributed by atoms with van der Waals surface area (Å²) in [5, 5.41) is 0. The molecule has 2 saturated carbocycles. The van der Waals surface area contributed by atoms with Crippen molar-refractivity contribution >= 4 is 28.0 Å². The highest BCUT2D eigenvalue weighted by atomic mass is 32.2. The Balaban J connectivity index is 1.73. The van der Waals surface area contributed by atoms with Crippen molar-refractivity contribution in [3.05, 3.63) is 0 Å². The van der Waals surface area contributed by atoms with Crippen molar-refractivity contribution in [1.29, 1.82) is 0 Å². The lowest BCUT2D eigenvalue weighted by atomic mass is 9.78. The molecule has 6 unspecified atom stereocenters. The van der Waals surface area contributed by atoms with Crippen LogP contribution in [0.3, 0.4) is 0 Å². The molecule has 2 aliphatic carbocycles. The fraction of sp³-hybridized carbons (Fsp3) is 0.769. The summed E-state index contributed by atoms with van der Waals surface area (Å²) in [6.45, 7) is 0.731. The van der Waals surface area contributed by atoms with Gasteiger partial charge in [0.15, 0.2) is 0 Å². The first-order valence-electron chi connectivity index (χ1n) is 7.18. The average Bonchev–Trinajstić information content (AvgIpc) is 2.99. The molecule has 3 aliphatic rings. The van der Waals surface area contributed by atoms with Gasteiger partial charge in [-0.1, -0.05) is 0 Å². The van der Waals surface area contributed by atoms with Gasteiger partial charge in [0.05, 0.1) is 11.8 Å². The van der Waals surface area contributed by atoms with Gasteiger partial charge < -0.3 is 14.2 Å². The molecule has 0 spiro atoms. The van der Waals surface area contributed by atoms with Gasteiger partial charge in [-0.15, -0.1) is 0 Å². The van der Waals surface area contributed by atoms with Crippen LogP contribution in [-0.2, 0) is 38.7 Å². The van der Waals surface area contributed by atoms with E-state index in [0.717, 1.165) is 0 Å². The molecule has 0 radical (unpaired) electrons. The van der Waals surface area contributed by atoms with Crippen molar-refractivity contribution < 1.29 is 41.6 Å². The molecule has 23 heavy (non-hydrogen) atoms. The van der Waals surface area contributed by atoms with Gasteiger partial charge >= 0.3 is 17.9 Å². The van der Waals surface area contributed by atoms with E-state index >= 15 is 0 Å². The Bertz CT molecular complexity index is 654. The van der Waals surface area contributed by atoms with E-state index < -0.39 is 64.4 Å². The molecule has 0 aromatic heterocycles. The minimum Gasteiger partial charge on any atom is -0.464 e. The molecule has 3 fully saturated rings. The number of fused-ring (bicyclic) bond motifs is 1. The minimum atomic E-state index is -4.24. The van der Waals surface area contributed by atoms with E-state index in [0.29, 0.717) is 6.42 Å². The Labute approximate surface area is 132 Å². The van der Waals surface area contributed by atoms with E-state index in [-0.39, 0.29) is 11.8 Å². The first-order chi connectivity index (χ1) is 10.7. The summed E-state index contributed by atoms with van der Waals surface area (Å²) in [7, 11) is -4.24. The number of esters is 3. The summed E-state index contributed by atoms with van der Waals surface area (Å²) in [6.07, 6.45) is -0.695. The maximum atomic E-state index is 12.2. The third kappa shape index (κ3) is 2.80. The molecule has 0 aromatic carbocycles. The number of carbonyl (C=O) groups excluding carboxylic acids is 3. The van der Waals surface area contributed by atoms with Crippen molar-refractivity contribution in [2.45, 2.75) is 25.6 Å². The summed E-state index contributed by atoms with van der Waals surface area (Å²) in [4.78, 5) is 35.4. The van der Waals surface area contributed by atoms with Crippen molar-refractivity contribution in [2.24, 2.45) is 23.7 Å². The smallest absolute Gasteiger partial charge is 0.310 e. The standard InChI is InChI=1S/C13H16O9S/c1-5(14)21-10-6-4-7-9(13(16)22-11(7)10)8(6)12(15)20-2-3-23(17,18)19/h6-11H,2-4H2,1H3,(H,17,18,19). The molecule has 1 saturated heterocycles. The summed E-state index contributed by atoms with van der Waals surface area (Å²) >= 11 is 0. The van der Waals surface area contributed by atoms with Gasteiger partial charge in [0, 0.05) is 18.8 Å². The minimum absolute atomic E-state index is 0.198. The summed E-state index contributed by atoms with van der Waals surface area (Å²) < 4.78 is 45.2. The topological polar surface area (TPSA) is 133 Å². The number of hydrogen-bond acceptors (Lipinski definition) is 8. The molecule has 128 valence electrons. The maximum absolute atomic E-state index is 12.2. The van der Waals surface area contributed by atoms with Crippen LogP contribution in [-0.4, -0.2) is 55.4 Å². The van der Waals surface area contributed by atoms with Crippen LogP contribution in [0.5, 0.6) is 0 Å². The lowest BCUT2D eigenvalue weighted by Gasteiger charge is -2.29. The Kier molecular flexibility index (Phi) is 3.83. The molecule has 0 aromatic rings. The number of carbonyl (C=O) groups is 3. The molecule has 1 heterocycles. The van der Waals surface area contributed by atoms with Crippen LogP contribution in [0.15, 0.2) is 0 Å². The number of hydrogen-bond donors (Lipinski definition) is 1. The molecule has 6 atom stereocenters. The van der Waals surface area contributed by atoms with Gasteiger partial charge in [-0.25, -0.2) is 0 Å². The van der Waals surface area contributed by atoms with Crippen LogP contribution >= 0.6 is 0 Å². The zero-order valence-corrected chi connectivity index (χ0v) is 13.0. The second-order valence-electron chi connectivity index (χ2n) is 6.04. The lowest BCUT2D eigenvalue weighted by Crippen LogP contribution is -2.43. The lowest BCUT2D eigenvalue weighted by molar-refractivity contribution is -0.163. The van der Waals surface area contributed by atoms with Crippen molar-refractivity contribution in [2.75, 3.05) is 12.4 Å². The fourth-order valence-corrected chi connectivity index (χ4v) is 4.30. The van der Waals surface area contributed by atoms with Crippen LogP contribution in [0, 0.1) is 23.7 Å². The van der Waals surface area contributed by atoms with Gasteiger partial charge in [0.25, 0.3) is 10.1 Å². The van der Waals surface area contributed by atoms with E-state index in [4.69, 9.17) is 18.8 Å². The van der Waals surface area contributed by atoms with Gasteiger partial charge in [0.2, 0.25) is 0 Å². The molecular formula is C13H16O9S. The zero-order valence-electron chi connectivity index (χ0n) is 12.2. The maximum Gasteiger partial charge on any atom is 0.310 e. The van der Waals surface area contributed by atoms with Gasteiger partial charge in [0.1, 0.15) is 24.6 Å². The van der Waals surface area contributed by atoms with Crippen LogP contribution < -0.4 is 0 Å². The quantitative estimate of drug-likeness (QED) is 0.383. The zero-order chi connectivity index (χ0) is 16.9. The molecule has 9 nitrogen and oxygen atoms in total. The van der Waals surface area contributed by atoms with Crippen molar-refractivity contribution in [1.82, 2.24) is 0 Å². The first kappa shape index (κ1) is 16.2. The molecular weight excluding hydrogens is 332 g/mol. The summed E-state index contributed by atoms with van der Waals surface area (Å²) in [5.41, 5.74) is 0. The van der Waals surface area contributed by atoms with E-state index in [2.05, 4.69) is 0 Å². The third-order valence-corrected chi connectivity index (χ3v) is 5.39. The van der Waals surface area contributed by atoms with Crippen LogP contribution in [0.25, 0.3) is 0 Å². The Morgan fingerprint density at radius 3 is 2.65 bits per heavy atom. The SMILES string of the molecule is CC(=O)OC1C2CC3C1OC(=O)C3C2C(=O)OCCS(=O)(=O)O. The Morgan fingerprint density at radius 2 is 2.04 bits per heavy atom. The first-order valence-corrected chi connectivity index (χ1v) is 8.79. The van der Waals surface area contributed by atoms with E-state index in [1.807, 2.05) is 0 Å². The average molecular weight is 348 g/mol. The largest absolute Gasteiger partial charge is 0.464 e. The Morgan fingerprint density at radius 1 is 1.35 bits per heavy atom. The van der Waals surface area contributed by atoms with Gasteiger partial charge in [-0.2, -0.15) is 8.42 Å².